The average Bonchev–Trinajstić information content (AvgIpc) is 2.94. The van der Waals surface area contributed by atoms with Crippen molar-refractivity contribution in [3.05, 3.63) is 73.7 Å². The van der Waals surface area contributed by atoms with Gasteiger partial charge < -0.3 is 9.84 Å². The van der Waals surface area contributed by atoms with E-state index >= 15 is 0 Å². The number of rotatable bonds is 7. The first-order valence-electron chi connectivity index (χ1n) is 8.31. The van der Waals surface area contributed by atoms with Gasteiger partial charge in [0, 0.05) is 24.7 Å². The van der Waals surface area contributed by atoms with Gasteiger partial charge in [0.2, 0.25) is 5.88 Å². The molecular formula is C19H19FN2O3S. The van der Waals surface area contributed by atoms with Crippen LogP contribution in [0.15, 0.2) is 41.3 Å². The lowest BCUT2D eigenvalue weighted by Gasteiger charge is -2.09. The van der Waals surface area contributed by atoms with Gasteiger partial charge in [0.25, 0.3) is 0 Å². The van der Waals surface area contributed by atoms with Crippen LogP contribution < -0.4 is 9.61 Å². The molecule has 0 spiro atoms. The van der Waals surface area contributed by atoms with Gasteiger partial charge in [-0.3, -0.25) is 14.8 Å². The van der Waals surface area contributed by atoms with Crippen molar-refractivity contribution in [3.63, 3.8) is 0 Å². The third-order valence-corrected chi connectivity index (χ3v) is 4.84. The molecule has 0 radical (unpaired) electrons. The van der Waals surface area contributed by atoms with Gasteiger partial charge in [0.05, 0.1) is 11.5 Å². The number of aromatic amines is 1. The van der Waals surface area contributed by atoms with Crippen molar-refractivity contribution >= 4 is 11.3 Å². The van der Waals surface area contributed by atoms with Crippen LogP contribution in [-0.4, -0.2) is 21.7 Å². The lowest BCUT2D eigenvalue weighted by molar-refractivity contribution is 0.304. The highest BCUT2D eigenvalue weighted by molar-refractivity contribution is 7.09. The van der Waals surface area contributed by atoms with E-state index in [9.17, 15) is 14.3 Å². The van der Waals surface area contributed by atoms with Crippen molar-refractivity contribution in [2.75, 3.05) is 6.61 Å². The van der Waals surface area contributed by atoms with E-state index in [1.807, 2.05) is 18.3 Å². The largest absolute Gasteiger partial charge is 0.494 e. The maximum Gasteiger partial charge on any atom is 0.307 e. The first-order valence-corrected chi connectivity index (χ1v) is 9.12. The predicted octanol–water partition coefficient (Wildman–Crippen LogP) is 3.45. The summed E-state index contributed by atoms with van der Waals surface area (Å²) in [6.07, 6.45) is 3.66. The smallest absolute Gasteiger partial charge is 0.307 e. The zero-order chi connectivity index (χ0) is 18.5. The Bertz CT molecular complexity index is 935. The minimum absolute atomic E-state index is 0.165. The second-order valence-corrected chi connectivity index (χ2v) is 6.91. The zero-order valence-electron chi connectivity index (χ0n) is 14.3. The highest BCUT2D eigenvalue weighted by Gasteiger charge is 2.10. The Kier molecular flexibility index (Phi) is 5.68. The quantitative estimate of drug-likeness (QED) is 0.664. The van der Waals surface area contributed by atoms with E-state index in [4.69, 9.17) is 4.74 Å². The van der Waals surface area contributed by atoms with Gasteiger partial charge in [-0.05, 0) is 35.7 Å². The summed E-state index contributed by atoms with van der Waals surface area (Å²) in [7, 11) is 0. The molecule has 2 heterocycles. The monoisotopic (exact) mass is 374 g/mol. The Morgan fingerprint density at radius 1 is 1.27 bits per heavy atom. The average molecular weight is 374 g/mol. The molecule has 0 aliphatic rings. The van der Waals surface area contributed by atoms with Gasteiger partial charge in [-0.1, -0.05) is 30.4 Å². The van der Waals surface area contributed by atoms with Crippen LogP contribution >= 0.6 is 11.3 Å². The van der Waals surface area contributed by atoms with Gasteiger partial charge in [-0.2, -0.15) is 0 Å². The summed E-state index contributed by atoms with van der Waals surface area (Å²) in [4.78, 5) is 18.0. The Morgan fingerprint density at radius 3 is 2.69 bits per heavy atom. The predicted molar refractivity (Wildman–Crippen MR) is 98.6 cm³/mol. The number of benzene rings is 1. The minimum atomic E-state index is -0.473. The molecule has 0 saturated heterocycles. The lowest BCUT2D eigenvalue weighted by atomic mass is 10.1. The molecule has 0 saturated carbocycles. The molecular weight excluding hydrogens is 355 g/mol. The number of hydrogen-bond donors (Lipinski definition) is 2. The fourth-order valence-corrected chi connectivity index (χ4v) is 3.26. The minimum Gasteiger partial charge on any atom is -0.494 e. The molecule has 2 aromatic heterocycles. The van der Waals surface area contributed by atoms with Gasteiger partial charge in [0.15, 0.2) is 11.6 Å². The van der Waals surface area contributed by atoms with Crippen LogP contribution in [0.3, 0.4) is 0 Å². The van der Waals surface area contributed by atoms with Crippen molar-refractivity contribution < 1.29 is 14.2 Å². The van der Waals surface area contributed by atoms with E-state index in [1.54, 1.807) is 12.1 Å². The van der Waals surface area contributed by atoms with E-state index in [0.717, 1.165) is 23.5 Å². The van der Waals surface area contributed by atoms with Crippen molar-refractivity contribution in [1.29, 1.82) is 0 Å². The third kappa shape index (κ3) is 4.49. The molecule has 136 valence electrons. The number of nitrogens with one attached hydrogen (secondary N) is 1. The maximum absolute atomic E-state index is 14.2. The van der Waals surface area contributed by atoms with E-state index in [1.165, 1.54) is 11.6 Å². The first kappa shape index (κ1) is 18.1. The summed E-state index contributed by atoms with van der Waals surface area (Å²) >= 11 is 0.912. The van der Waals surface area contributed by atoms with Crippen LogP contribution in [0, 0.1) is 5.82 Å². The Labute approximate surface area is 154 Å². The van der Waals surface area contributed by atoms with Crippen LogP contribution in [0.4, 0.5) is 4.39 Å². The number of halogens is 1. The van der Waals surface area contributed by atoms with Crippen LogP contribution in [0.2, 0.25) is 0 Å². The van der Waals surface area contributed by atoms with Gasteiger partial charge >= 0.3 is 4.87 Å². The van der Waals surface area contributed by atoms with Crippen LogP contribution in [-0.2, 0) is 19.3 Å². The Hall–Kier alpha value is -2.67. The molecule has 3 aromatic rings. The zero-order valence-corrected chi connectivity index (χ0v) is 15.1. The molecule has 0 atom stereocenters. The number of ether oxygens (including phenoxy) is 1. The number of H-pyrrole nitrogens is 1. The molecule has 0 amide bonds. The van der Waals surface area contributed by atoms with Crippen molar-refractivity contribution in [2.24, 2.45) is 0 Å². The topological polar surface area (TPSA) is 75.2 Å². The maximum atomic E-state index is 14.2. The third-order valence-electron chi connectivity index (χ3n) is 3.97. The molecule has 0 bridgehead atoms. The number of aromatic nitrogens is 2. The molecule has 5 nitrogen and oxygen atoms in total. The molecule has 3 rings (SSSR count). The fourth-order valence-electron chi connectivity index (χ4n) is 2.51. The first-order chi connectivity index (χ1) is 12.5. The lowest BCUT2D eigenvalue weighted by Crippen LogP contribution is -2.04. The standard InChI is InChI=1S/C19H19FN2O3S/c1-2-12-3-5-14(21-11-12)7-8-25-16-6-4-13(9-15(16)20)10-17-18(23)22-19(24)26-17/h3-6,9,11,23H,2,7-8,10H2,1H3,(H,22,24). The summed E-state index contributed by atoms with van der Waals surface area (Å²) in [6, 6.07) is 8.62. The van der Waals surface area contributed by atoms with Gasteiger partial charge in [-0.15, -0.1) is 0 Å². The fraction of sp³-hybridized carbons (Fsp3) is 0.263. The molecule has 1 aromatic carbocycles. The van der Waals surface area contributed by atoms with Crippen LogP contribution in [0.25, 0.3) is 0 Å². The van der Waals surface area contributed by atoms with E-state index in [0.29, 0.717) is 23.5 Å². The van der Waals surface area contributed by atoms with Crippen LogP contribution in [0.1, 0.15) is 28.6 Å². The van der Waals surface area contributed by atoms with Crippen LogP contribution in [0.5, 0.6) is 11.6 Å². The summed E-state index contributed by atoms with van der Waals surface area (Å²) < 4.78 is 19.7. The number of thiazole rings is 1. The normalized spacial score (nSPS) is 10.8. The number of hydrogen-bond acceptors (Lipinski definition) is 5. The number of aromatic hydroxyl groups is 1. The molecule has 7 heteroatoms. The van der Waals surface area contributed by atoms with E-state index < -0.39 is 5.82 Å². The van der Waals surface area contributed by atoms with Gasteiger partial charge in [0.1, 0.15) is 0 Å². The van der Waals surface area contributed by atoms with E-state index in [2.05, 4.69) is 16.9 Å². The highest BCUT2D eigenvalue weighted by atomic mass is 32.1. The summed E-state index contributed by atoms with van der Waals surface area (Å²) in [6.45, 7) is 2.40. The molecule has 0 unspecified atom stereocenters. The second kappa shape index (κ2) is 8.14. The van der Waals surface area contributed by atoms with Crippen molar-refractivity contribution in [1.82, 2.24) is 9.97 Å². The number of aryl methyl sites for hydroxylation is 1. The molecule has 26 heavy (non-hydrogen) atoms. The summed E-state index contributed by atoms with van der Waals surface area (Å²) in [5.41, 5.74) is 2.73. The number of nitrogens with zero attached hydrogens (tertiary/aromatic N) is 1. The van der Waals surface area contributed by atoms with Crippen molar-refractivity contribution in [2.45, 2.75) is 26.2 Å². The van der Waals surface area contributed by atoms with Crippen molar-refractivity contribution in [3.8, 4) is 11.6 Å². The summed E-state index contributed by atoms with van der Waals surface area (Å²) in [5, 5.41) is 9.60. The SMILES string of the molecule is CCc1ccc(CCOc2ccc(Cc3sc(=O)[nH]c3O)cc2F)nc1. The molecule has 2 N–H and O–H groups in total. The van der Waals surface area contributed by atoms with E-state index in [-0.39, 0.29) is 22.9 Å². The number of pyridine rings is 1. The summed E-state index contributed by atoms with van der Waals surface area (Å²) in [5.74, 6) is -0.466. The Morgan fingerprint density at radius 2 is 2.08 bits per heavy atom. The molecule has 0 aliphatic carbocycles. The molecule has 0 fully saturated rings. The van der Waals surface area contributed by atoms with Gasteiger partial charge in [-0.25, -0.2) is 4.39 Å². The molecule has 0 aliphatic heterocycles. The second-order valence-electron chi connectivity index (χ2n) is 5.84. The highest BCUT2D eigenvalue weighted by Crippen LogP contribution is 2.24. The Balaban J connectivity index is 1.58.